The summed E-state index contributed by atoms with van der Waals surface area (Å²) in [6, 6.07) is 1.68. The van der Waals surface area contributed by atoms with Gasteiger partial charge in [-0.3, -0.25) is 9.48 Å². The molecule has 1 N–H and O–H groups in total. The maximum Gasteiger partial charge on any atom is 0.360 e. The normalized spacial score (nSPS) is 10.6. The highest BCUT2D eigenvalue weighted by atomic mass is 16.4. The first kappa shape index (κ1) is 12.0. The molecule has 94 valence electrons. The standard InChI is InChI=1S/C11H12N4O3/c1-3-7-6-15(8-4-5-14(2)12-8)13-9(10(7)16)11(17)18/h4-6H,3H2,1-2H3,(H,17,18). The fourth-order valence-electron chi connectivity index (χ4n) is 1.57. The van der Waals surface area contributed by atoms with Crippen LogP contribution in [0.2, 0.25) is 0 Å². The number of carboxylic acids is 1. The van der Waals surface area contributed by atoms with Gasteiger partial charge in [0.25, 0.3) is 0 Å². The summed E-state index contributed by atoms with van der Waals surface area (Å²) >= 11 is 0. The van der Waals surface area contributed by atoms with Crippen LogP contribution in [0.3, 0.4) is 0 Å². The van der Waals surface area contributed by atoms with Gasteiger partial charge in [0.15, 0.2) is 5.82 Å². The topological polar surface area (TPSA) is 90.0 Å². The molecule has 18 heavy (non-hydrogen) atoms. The fourth-order valence-corrected chi connectivity index (χ4v) is 1.57. The number of carboxylic acid groups (broad SMARTS) is 1. The number of rotatable bonds is 3. The Morgan fingerprint density at radius 3 is 2.67 bits per heavy atom. The molecule has 7 nitrogen and oxygen atoms in total. The molecular formula is C11H12N4O3. The van der Waals surface area contributed by atoms with Gasteiger partial charge >= 0.3 is 5.97 Å². The number of nitrogens with zero attached hydrogens (tertiary/aromatic N) is 4. The fraction of sp³-hybridized carbons (Fsp3) is 0.273. The molecule has 2 rings (SSSR count). The van der Waals surface area contributed by atoms with Crippen molar-refractivity contribution in [2.45, 2.75) is 13.3 Å². The van der Waals surface area contributed by atoms with Gasteiger partial charge in [-0.25, -0.2) is 9.48 Å². The van der Waals surface area contributed by atoms with Gasteiger partial charge < -0.3 is 5.11 Å². The first-order chi connectivity index (χ1) is 8.52. The predicted molar refractivity (Wildman–Crippen MR) is 62.9 cm³/mol. The number of aryl methyl sites for hydroxylation is 2. The van der Waals surface area contributed by atoms with Gasteiger partial charge in [-0.05, 0) is 6.42 Å². The highest BCUT2D eigenvalue weighted by molar-refractivity contribution is 5.85. The van der Waals surface area contributed by atoms with E-state index in [0.29, 0.717) is 17.8 Å². The minimum atomic E-state index is -1.33. The Hall–Kier alpha value is -2.44. The Labute approximate surface area is 102 Å². The van der Waals surface area contributed by atoms with E-state index in [1.54, 1.807) is 30.9 Å². The van der Waals surface area contributed by atoms with E-state index >= 15 is 0 Å². The van der Waals surface area contributed by atoms with Crippen molar-refractivity contribution in [3.63, 3.8) is 0 Å². The largest absolute Gasteiger partial charge is 0.476 e. The number of aromatic nitrogens is 4. The summed E-state index contributed by atoms with van der Waals surface area (Å²) in [7, 11) is 1.74. The molecule has 0 atom stereocenters. The lowest BCUT2D eigenvalue weighted by atomic mass is 10.2. The van der Waals surface area contributed by atoms with Crippen molar-refractivity contribution in [2.75, 3.05) is 0 Å². The second-order valence-electron chi connectivity index (χ2n) is 3.78. The first-order valence-corrected chi connectivity index (χ1v) is 5.39. The van der Waals surface area contributed by atoms with Crippen molar-refractivity contribution in [1.29, 1.82) is 0 Å². The molecule has 2 heterocycles. The van der Waals surface area contributed by atoms with E-state index < -0.39 is 17.1 Å². The molecule has 0 aliphatic rings. The van der Waals surface area contributed by atoms with Crippen LogP contribution in [0, 0.1) is 0 Å². The van der Waals surface area contributed by atoms with Gasteiger partial charge in [-0.2, -0.15) is 10.2 Å². The average Bonchev–Trinajstić information content (AvgIpc) is 2.76. The molecule has 0 aliphatic heterocycles. The average molecular weight is 248 g/mol. The van der Waals surface area contributed by atoms with Crippen molar-refractivity contribution >= 4 is 5.97 Å². The zero-order chi connectivity index (χ0) is 13.3. The lowest BCUT2D eigenvalue weighted by Gasteiger charge is -2.05. The Balaban J connectivity index is 2.66. The summed E-state index contributed by atoms with van der Waals surface area (Å²) in [5.74, 6) is -0.866. The number of hydrogen-bond donors (Lipinski definition) is 1. The maximum atomic E-state index is 11.7. The van der Waals surface area contributed by atoms with Crippen LogP contribution in [0.4, 0.5) is 0 Å². The molecule has 0 amide bonds. The molecule has 0 aromatic carbocycles. The van der Waals surface area contributed by atoms with Crippen molar-refractivity contribution in [3.05, 3.63) is 39.9 Å². The van der Waals surface area contributed by atoms with E-state index in [9.17, 15) is 9.59 Å². The van der Waals surface area contributed by atoms with Crippen LogP contribution in [0.25, 0.3) is 5.82 Å². The molecule has 0 spiro atoms. The third kappa shape index (κ3) is 2.02. The molecular weight excluding hydrogens is 236 g/mol. The highest BCUT2D eigenvalue weighted by Gasteiger charge is 2.16. The molecule has 7 heteroatoms. The van der Waals surface area contributed by atoms with E-state index in [0.717, 1.165) is 0 Å². The van der Waals surface area contributed by atoms with Crippen molar-refractivity contribution < 1.29 is 9.90 Å². The summed E-state index contributed by atoms with van der Waals surface area (Å²) in [5.41, 5.74) is -0.634. The van der Waals surface area contributed by atoms with Crippen LogP contribution in [0.5, 0.6) is 0 Å². The summed E-state index contributed by atoms with van der Waals surface area (Å²) in [6.45, 7) is 1.78. The summed E-state index contributed by atoms with van der Waals surface area (Å²) in [5, 5.41) is 16.9. The molecule has 0 saturated carbocycles. The van der Waals surface area contributed by atoms with Crippen LogP contribution < -0.4 is 5.43 Å². The van der Waals surface area contributed by atoms with Crippen molar-refractivity contribution in [3.8, 4) is 5.82 Å². The third-order valence-electron chi connectivity index (χ3n) is 2.51. The summed E-state index contributed by atoms with van der Waals surface area (Å²) in [4.78, 5) is 22.7. The van der Waals surface area contributed by atoms with Crippen LogP contribution >= 0.6 is 0 Å². The van der Waals surface area contributed by atoms with Gasteiger partial charge in [-0.15, -0.1) is 0 Å². The molecule has 0 aliphatic carbocycles. The molecule has 0 saturated heterocycles. The third-order valence-corrected chi connectivity index (χ3v) is 2.51. The second-order valence-corrected chi connectivity index (χ2v) is 3.78. The van der Waals surface area contributed by atoms with Gasteiger partial charge in [0.1, 0.15) is 0 Å². The summed E-state index contributed by atoms with van der Waals surface area (Å²) < 4.78 is 2.88. The van der Waals surface area contributed by atoms with Crippen LogP contribution in [0.15, 0.2) is 23.3 Å². The molecule has 2 aromatic heterocycles. The highest BCUT2D eigenvalue weighted by Crippen LogP contribution is 2.04. The molecule has 0 radical (unpaired) electrons. The monoisotopic (exact) mass is 248 g/mol. The number of hydrogen-bond acceptors (Lipinski definition) is 4. The van der Waals surface area contributed by atoms with E-state index in [2.05, 4.69) is 10.2 Å². The lowest BCUT2D eigenvalue weighted by molar-refractivity contribution is 0.0686. The van der Waals surface area contributed by atoms with Gasteiger partial charge in [0.05, 0.1) is 0 Å². The van der Waals surface area contributed by atoms with Crippen LogP contribution in [-0.4, -0.2) is 30.6 Å². The minimum Gasteiger partial charge on any atom is -0.476 e. The first-order valence-electron chi connectivity index (χ1n) is 5.39. The SMILES string of the molecule is CCc1cn(-c2ccn(C)n2)nc(C(=O)O)c1=O. The Kier molecular flexibility index (Phi) is 2.97. The van der Waals surface area contributed by atoms with Gasteiger partial charge in [0.2, 0.25) is 11.1 Å². The number of aromatic carboxylic acids is 1. The Morgan fingerprint density at radius 1 is 1.44 bits per heavy atom. The molecule has 2 aromatic rings. The zero-order valence-electron chi connectivity index (χ0n) is 9.99. The maximum absolute atomic E-state index is 11.7. The van der Waals surface area contributed by atoms with Crippen molar-refractivity contribution in [2.24, 2.45) is 7.05 Å². The van der Waals surface area contributed by atoms with E-state index in [-0.39, 0.29) is 0 Å². The van der Waals surface area contributed by atoms with Crippen LogP contribution in [-0.2, 0) is 13.5 Å². The Morgan fingerprint density at radius 2 is 2.17 bits per heavy atom. The van der Waals surface area contributed by atoms with Crippen LogP contribution in [0.1, 0.15) is 23.0 Å². The minimum absolute atomic E-state index is 0.396. The summed E-state index contributed by atoms with van der Waals surface area (Å²) in [6.07, 6.45) is 3.66. The quantitative estimate of drug-likeness (QED) is 0.839. The lowest BCUT2D eigenvalue weighted by Crippen LogP contribution is -2.24. The van der Waals surface area contributed by atoms with Gasteiger partial charge in [0, 0.05) is 31.1 Å². The zero-order valence-corrected chi connectivity index (χ0v) is 9.99. The molecule has 0 bridgehead atoms. The predicted octanol–water partition coefficient (Wildman–Crippen LogP) is 0.227. The molecule has 0 unspecified atom stereocenters. The number of carbonyl (C=O) groups is 1. The van der Waals surface area contributed by atoms with Crippen molar-refractivity contribution in [1.82, 2.24) is 19.6 Å². The Bertz CT molecular complexity index is 657. The second kappa shape index (κ2) is 4.44. The van der Waals surface area contributed by atoms with E-state index in [1.165, 1.54) is 10.9 Å². The molecule has 0 fully saturated rings. The van der Waals surface area contributed by atoms with E-state index in [1.807, 2.05) is 0 Å². The smallest absolute Gasteiger partial charge is 0.360 e. The van der Waals surface area contributed by atoms with E-state index in [4.69, 9.17) is 5.11 Å². The van der Waals surface area contributed by atoms with Gasteiger partial charge in [-0.1, -0.05) is 6.92 Å².